The molecule has 0 spiro atoms. The zero-order valence-electron chi connectivity index (χ0n) is 44.8. The fraction of sp³-hybridized carbons (Fsp3) is 0.444. The van der Waals surface area contributed by atoms with Crippen LogP contribution in [0.25, 0.3) is 87.6 Å². The minimum Gasteiger partial charge on any atom is -0.388 e. The summed E-state index contributed by atoms with van der Waals surface area (Å²) < 4.78 is 0. The molecular formula is C72H76O2. The highest BCUT2D eigenvalue weighted by Crippen LogP contribution is 2.65. The van der Waals surface area contributed by atoms with Crippen molar-refractivity contribution in [1.29, 1.82) is 0 Å². The first-order valence-electron chi connectivity index (χ1n) is 30.3. The Balaban J connectivity index is 1.05. The lowest BCUT2D eigenvalue weighted by Gasteiger charge is -2.38. The van der Waals surface area contributed by atoms with Crippen molar-refractivity contribution in [3.05, 3.63) is 140 Å². The molecule has 2 nitrogen and oxygen atoms in total. The number of fused-ring (bicyclic) bond motifs is 16. The van der Waals surface area contributed by atoms with E-state index in [0.29, 0.717) is 0 Å². The maximum Gasteiger partial charge on any atom is 0.0870 e. The second-order valence-electron chi connectivity index (χ2n) is 24.7. The number of rotatable bonds is 20. The molecule has 0 saturated heterocycles. The molecule has 6 atom stereocenters. The summed E-state index contributed by atoms with van der Waals surface area (Å²) in [5.41, 5.74) is 28.1. The SMILES string of the molecule is CCCCCCc1c2c3c(CCCCCC)c4cc5c(cc14)-c1ccc4c6c(ccc-5c16)C1C(O)c5c(c(CCCCCC)c6cc7c(cc6c5CCCCCC)-c5ccc6c8c(ccc-7c58)C(C2)C6C3O)CC41. The summed E-state index contributed by atoms with van der Waals surface area (Å²) in [6.45, 7) is 9.31. The number of hydrogen-bond donors (Lipinski definition) is 2. The Bertz CT molecular complexity index is 3450. The lowest BCUT2D eigenvalue weighted by atomic mass is 9.68. The number of hydrogen-bond acceptors (Lipinski definition) is 2. The number of aliphatic hydroxyl groups is 2. The average molecular weight is 973 g/mol. The highest BCUT2D eigenvalue weighted by atomic mass is 16.3. The van der Waals surface area contributed by atoms with Crippen LogP contribution < -0.4 is 0 Å². The Morgan fingerprint density at radius 2 is 0.649 bits per heavy atom. The molecule has 74 heavy (non-hydrogen) atoms. The summed E-state index contributed by atoms with van der Waals surface area (Å²) in [5.74, 6) is 0.529. The van der Waals surface area contributed by atoms with Crippen molar-refractivity contribution >= 4 is 43.1 Å². The normalized spacial score (nSPS) is 21.0. The van der Waals surface area contributed by atoms with Gasteiger partial charge in [0.1, 0.15) is 0 Å². The maximum absolute atomic E-state index is 13.6. The van der Waals surface area contributed by atoms with Gasteiger partial charge in [0.25, 0.3) is 0 Å². The maximum atomic E-state index is 13.6. The van der Waals surface area contributed by atoms with Gasteiger partial charge in [-0.25, -0.2) is 0 Å². The molecule has 0 aromatic heterocycles. The van der Waals surface area contributed by atoms with E-state index in [-0.39, 0.29) is 23.7 Å². The molecule has 2 N–H and O–H groups in total. The third-order valence-corrected chi connectivity index (χ3v) is 20.9. The van der Waals surface area contributed by atoms with Crippen LogP contribution in [0.2, 0.25) is 0 Å². The van der Waals surface area contributed by atoms with Gasteiger partial charge >= 0.3 is 0 Å². The Morgan fingerprint density at radius 1 is 0.338 bits per heavy atom. The van der Waals surface area contributed by atoms with Gasteiger partial charge in [-0.1, -0.05) is 153 Å². The van der Waals surface area contributed by atoms with Gasteiger partial charge in [-0.15, -0.1) is 0 Å². The number of aliphatic hydroxyl groups excluding tert-OH is 2. The van der Waals surface area contributed by atoms with Crippen molar-refractivity contribution in [1.82, 2.24) is 0 Å². The van der Waals surface area contributed by atoms with Gasteiger partial charge in [-0.2, -0.15) is 0 Å². The highest BCUT2D eigenvalue weighted by Gasteiger charge is 2.49. The van der Waals surface area contributed by atoms with Crippen molar-refractivity contribution in [2.24, 2.45) is 0 Å². The minimum atomic E-state index is -0.564. The van der Waals surface area contributed by atoms with Crippen molar-refractivity contribution in [3.63, 3.8) is 0 Å². The molecule has 376 valence electrons. The molecule has 0 fully saturated rings. The average Bonchev–Trinajstić information content (AvgIpc) is 4.19. The monoisotopic (exact) mass is 973 g/mol. The summed E-state index contributed by atoms with van der Waals surface area (Å²) in [5, 5.41) is 38.7. The lowest BCUT2D eigenvalue weighted by molar-refractivity contribution is 0.123. The lowest BCUT2D eigenvalue weighted by Crippen LogP contribution is -2.27. The van der Waals surface area contributed by atoms with E-state index in [2.05, 4.69) is 100 Å². The summed E-state index contributed by atoms with van der Waals surface area (Å²) in [6.07, 6.45) is 24.5. The number of unbranched alkanes of at least 4 members (excludes halogenated alkanes) is 12. The standard InChI is InChI=1S/C72H76O2/c1-5-9-13-17-21-39-51-33-55-43-25-28-48-62-38-60-40(22-18-14-10-6-2)52-34-56-44-26-27-47-61-37-59(39)67-41(23-19-15-11-7-3)53(51)35-57(55)45-29-32-50(66(48)63(43)45)70(62)72(74)68(60)42(24-20-16-12-8-4)54(52)36-58(56)46-30-31-49(65(47)64(44)46)69(61)71(67)73/h25-36,61-62,69-74H,5-24,37-38H2,1-4H3. The molecule has 6 aliphatic rings. The summed E-state index contributed by atoms with van der Waals surface area (Å²) in [7, 11) is 0. The van der Waals surface area contributed by atoms with E-state index in [1.165, 1.54) is 244 Å². The first-order valence-corrected chi connectivity index (χ1v) is 30.3. The Labute approximate surface area is 440 Å². The van der Waals surface area contributed by atoms with E-state index in [1.54, 1.807) is 0 Å². The zero-order valence-corrected chi connectivity index (χ0v) is 44.8. The smallest absolute Gasteiger partial charge is 0.0870 e. The molecule has 0 heterocycles. The van der Waals surface area contributed by atoms with Crippen LogP contribution >= 0.6 is 0 Å². The highest BCUT2D eigenvalue weighted by molar-refractivity contribution is 6.22. The molecular weight excluding hydrogens is 897 g/mol. The van der Waals surface area contributed by atoms with Gasteiger partial charge < -0.3 is 10.2 Å². The molecule has 8 aromatic rings. The topological polar surface area (TPSA) is 40.5 Å². The third kappa shape index (κ3) is 6.25. The summed E-state index contributed by atoms with van der Waals surface area (Å²) >= 11 is 0. The van der Waals surface area contributed by atoms with Crippen LogP contribution in [0, 0.1) is 0 Å². The molecule has 14 rings (SSSR count). The van der Waals surface area contributed by atoms with Crippen LogP contribution in [0.4, 0.5) is 0 Å². The van der Waals surface area contributed by atoms with Crippen molar-refractivity contribution in [2.75, 3.05) is 0 Å². The summed E-state index contributed by atoms with van der Waals surface area (Å²) in [4.78, 5) is 0. The molecule has 6 aliphatic carbocycles. The Morgan fingerprint density at radius 3 is 0.986 bits per heavy atom. The van der Waals surface area contributed by atoms with Crippen molar-refractivity contribution in [2.45, 2.75) is 205 Å². The predicted octanol–water partition coefficient (Wildman–Crippen LogP) is 19.3. The van der Waals surface area contributed by atoms with Crippen LogP contribution in [-0.4, -0.2) is 10.2 Å². The number of aryl methyl sites for hydroxylation is 4. The van der Waals surface area contributed by atoms with Gasteiger partial charge in [-0.05, 0) is 255 Å². The third-order valence-electron chi connectivity index (χ3n) is 20.9. The molecule has 0 aliphatic heterocycles. The molecule has 0 radical (unpaired) electrons. The van der Waals surface area contributed by atoms with E-state index in [4.69, 9.17) is 0 Å². The van der Waals surface area contributed by atoms with Gasteiger partial charge in [0.05, 0.1) is 12.2 Å². The Kier molecular flexibility index (Phi) is 11.0. The van der Waals surface area contributed by atoms with E-state index in [0.717, 1.165) is 51.4 Å². The second kappa shape index (κ2) is 17.6. The molecule has 8 aromatic carbocycles. The fourth-order valence-corrected chi connectivity index (χ4v) is 17.6. The minimum absolute atomic E-state index is 0.0305. The van der Waals surface area contributed by atoms with Crippen molar-refractivity contribution < 1.29 is 10.2 Å². The van der Waals surface area contributed by atoms with Gasteiger partial charge in [0, 0.05) is 11.8 Å². The van der Waals surface area contributed by atoms with Gasteiger partial charge in [0.2, 0.25) is 0 Å². The van der Waals surface area contributed by atoms with E-state index in [9.17, 15) is 10.2 Å². The van der Waals surface area contributed by atoms with E-state index >= 15 is 0 Å². The zero-order chi connectivity index (χ0) is 49.7. The van der Waals surface area contributed by atoms with Crippen LogP contribution in [0.15, 0.2) is 72.8 Å². The van der Waals surface area contributed by atoms with E-state index < -0.39 is 12.2 Å². The van der Waals surface area contributed by atoms with Crippen LogP contribution in [-0.2, 0) is 38.5 Å². The molecule has 6 unspecified atom stereocenters. The predicted molar refractivity (Wildman–Crippen MR) is 311 cm³/mol. The van der Waals surface area contributed by atoms with Gasteiger partial charge in [0.15, 0.2) is 0 Å². The van der Waals surface area contributed by atoms with Crippen molar-refractivity contribution in [3.8, 4) is 44.5 Å². The van der Waals surface area contributed by atoms with Crippen LogP contribution in [0.5, 0.6) is 0 Å². The van der Waals surface area contributed by atoms with Crippen LogP contribution in [0.1, 0.15) is 233 Å². The summed E-state index contributed by atoms with van der Waals surface area (Å²) in [6, 6.07) is 30.5. The molecule has 0 amide bonds. The fourth-order valence-electron chi connectivity index (χ4n) is 17.6. The second-order valence-corrected chi connectivity index (χ2v) is 24.7. The Hall–Kier alpha value is -5.28. The molecule has 0 saturated carbocycles. The molecule has 0 bridgehead atoms. The molecule has 2 heteroatoms. The van der Waals surface area contributed by atoms with Gasteiger partial charge in [-0.3, -0.25) is 0 Å². The quantitative estimate of drug-likeness (QED) is 0.0747. The first-order chi connectivity index (χ1) is 36.4. The van der Waals surface area contributed by atoms with Crippen LogP contribution in [0.3, 0.4) is 0 Å². The first kappa shape index (κ1) is 46.1. The largest absolute Gasteiger partial charge is 0.388 e. The number of benzene rings is 8. The van der Waals surface area contributed by atoms with E-state index in [1.807, 2.05) is 0 Å².